The third kappa shape index (κ3) is 4.40. The molecule has 0 radical (unpaired) electrons. The van der Waals surface area contributed by atoms with Gasteiger partial charge < -0.3 is 9.84 Å². The fraction of sp³-hybridized carbons (Fsp3) is 0.286. The Morgan fingerprint density at radius 3 is 2.62 bits per heavy atom. The number of ether oxygens (including phenoxy) is 1. The van der Waals surface area contributed by atoms with Crippen LogP contribution in [-0.4, -0.2) is 38.9 Å². The number of aromatic nitrogens is 1. The monoisotopic (exact) mass is 519 g/mol. The van der Waals surface area contributed by atoms with Crippen molar-refractivity contribution < 1.29 is 23.8 Å². The Morgan fingerprint density at radius 2 is 2.03 bits per heavy atom. The van der Waals surface area contributed by atoms with Crippen LogP contribution in [0.25, 0.3) is 0 Å². The van der Waals surface area contributed by atoms with Gasteiger partial charge in [-0.25, -0.2) is 4.39 Å². The predicted molar refractivity (Wildman–Crippen MR) is 132 cm³/mol. The first kappa shape index (κ1) is 25.0. The van der Waals surface area contributed by atoms with E-state index in [9.17, 15) is 14.7 Å². The van der Waals surface area contributed by atoms with Crippen molar-refractivity contribution in [2.24, 2.45) is 0 Å². The zero-order valence-electron chi connectivity index (χ0n) is 19.9. The van der Waals surface area contributed by atoms with Crippen molar-refractivity contribution in [3.8, 4) is 6.07 Å². The third-order valence-electron chi connectivity index (χ3n) is 6.89. The van der Waals surface area contributed by atoms with E-state index in [-0.39, 0.29) is 29.0 Å². The topological polar surface area (TPSA) is 104 Å². The third-order valence-corrected chi connectivity index (χ3v) is 7.15. The van der Waals surface area contributed by atoms with Crippen molar-refractivity contribution in [3.63, 3.8) is 0 Å². The molecule has 1 amide bonds. The van der Waals surface area contributed by atoms with Crippen LogP contribution < -0.4 is 0 Å². The molecule has 2 aliphatic rings. The molecule has 2 aromatic carbocycles. The molecule has 188 valence electrons. The molecule has 3 unspecified atom stereocenters. The summed E-state index contributed by atoms with van der Waals surface area (Å²) in [5.74, 6) is -1.66. The average Bonchev–Trinajstić information content (AvgIpc) is 3.39. The van der Waals surface area contributed by atoms with Crippen LogP contribution in [0.15, 0.2) is 54.7 Å². The minimum absolute atomic E-state index is 0.000132. The molecule has 1 aromatic heterocycles. The number of benzene rings is 2. The van der Waals surface area contributed by atoms with Crippen LogP contribution in [0.3, 0.4) is 0 Å². The molecule has 9 heteroatoms. The molecule has 1 saturated carbocycles. The summed E-state index contributed by atoms with van der Waals surface area (Å²) in [5, 5.41) is 19.8. The van der Waals surface area contributed by atoms with Crippen molar-refractivity contribution in [1.29, 1.82) is 5.26 Å². The summed E-state index contributed by atoms with van der Waals surface area (Å²) in [4.78, 5) is 31.8. The summed E-state index contributed by atoms with van der Waals surface area (Å²) < 4.78 is 22.6. The summed E-state index contributed by atoms with van der Waals surface area (Å²) in [6.45, 7) is 1.24. The molecule has 37 heavy (non-hydrogen) atoms. The first-order chi connectivity index (χ1) is 17.7. The molecule has 3 atom stereocenters. The van der Waals surface area contributed by atoms with Gasteiger partial charge in [-0.05, 0) is 62.6 Å². The van der Waals surface area contributed by atoms with E-state index >= 15 is 4.39 Å². The van der Waals surface area contributed by atoms with Crippen LogP contribution in [0.2, 0.25) is 5.02 Å². The van der Waals surface area contributed by atoms with Gasteiger partial charge in [-0.1, -0.05) is 23.7 Å². The van der Waals surface area contributed by atoms with E-state index in [0.717, 1.165) is 6.07 Å². The van der Waals surface area contributed by atoms with E-state index in [1.165, 1.54) is 24.1 Å². The maximum absolute atomic E-state index is 16.0. The number of aliphatic hydroxyl groups is 1. The number of hydrogen-bond acceptors (Lipinski definition) is 6. The van der Waals surface area contributed by atoms with Gasteiger partial charge in [-0.2, -0.15) is 5.26 Å². The number of amides is 1. The maximum Gasteiger partial charge on any atom is 0.257 e. The van der Waals surface area contributed by atoms with Crippen molar-refractivity contribution in [3.05, 3.63) is 99.1 Å². The van der Waals surface area contributed by atoms with Gasteiger partial charge in [0.25, 0.3) is 5.91 Å². The fourth-order valence-corrected chi connectivity index (χ4v) is 5.23. The van der Waals surface area contributed by atoms with E-state index in [2.05, 4.69) is 4.98 Å². The highest BCUT2D eigenvalue weighted by molar-refractivity contribution is 6.30. The number of Topliss-reactive ketones (excluding diaryl/α,β-unsaturated/α-hetero) is 1. The Labute approximate surface area is 218 Å². The zero-order valence-corrected chi connectivity index (χ0v) is 20.7. The van der Waals surface area contributed by atoms with Crippen LogP contribution in [0, 0.1) is 17.1 Å². The lowest BCUT2D eigenvalue weighted by molar-refractivity contribution is -0.149. The molecular formula is C28H23ClFN3O4. The van der Waals surface area contributed by atoms with E-state index in [1.807, 2.05) is 6.07 Å². The van der Waals surface area contributed by atoms with E-state index < -0.39 is 29.7 Å². The smallest absolute Gasteiger partial charge is 0.257 e. The number of rotatable bonds is 6. The molecule has 1 N–H and O–H groups in total. The average molecular weight is 520 g/mol. The van der Waals surface area contributed by atoms with Gasteiger partial charge in [0.05, 0.1) is 41.1 Å². The largest absolute Gasteiger partial charge is 0.393 e. The first-order valence-corrected chi connectivity index (χ1v) is 12.2. The summed E-state index contributed by atoms with van der Waals surface area (Å²) in [7, 11) is 0. The van der Waals surface area contributed by atoms with Crippen LogP contribution in [0.1, 0.15) is 69.3 Å². The Hall–Kier alpha value is -3.64. The lowest BCUT2D eigenvalue weighted by Gasteiger charge is -2.41. The molecule has 2 heterocycles. The summed E-state index contributed by atoms with van der Waals surface area (Å²) in [5.41, 5.74) is -0.330. The Balaban J connectivity index is 1.74. The zero-order chi connectivity index (χ0) is 26.3. The van der Waals surface area contributed by atoms with Gasteiger partial charge in [0.2, 0.25) is 5.72 Å². The second kappa shape index (κ2) is 9.67. The van der Waals surface area contributed by atoms with E-state index in [1.54, 1.807) is 36.4 Å². The van der Waals surface area contributed by atoms with Crippen molar-refractivity contribution >= 4 is 23.3 Å². The standard InChI is InChI=1S/C28H23ClFN3O4/c1-16(34)18-10-24-26(25(30)11-18)28(19-3-5-20(29)6-4-19,37-23-9-8-22(35)12-23)33(27(24)36)15-21-7-2-17(13-31)14-32-21/h2-7,10-11,14,22-23,35H,8-9,12,15H2,1H3. The second-order valence-electron chi connectivity index (χ2n) is 9.34. The second-order valence-corrected chi connectivity index (χ2v) is 9.77. The van der Waals surface area contributed by atoms with E-state index in [4.69, 9.17) is 21.6 Å². The molecule has 1 fully saturated rings. The van der Waals surface area contributed by atoms with Gasteiger partial charge in [-0.3, -0.25) is 19.5 Å². The van der Waals surface area contributed by atoms with Crippen LogP contribution in [0.5, 0.6) is 0 Å². The summed E-state index contributed by atoms with van der Waals surface area (Å²) in [6, 6.07) is 14.3. The van der Waals surface area contributed by atoms with Crippen LogP contribution in [0.4, 0.5) is 4.39 Å². The molecule has 1 aliphatic heterocycles. The number of carbonyl (C=O) groups is 2. The highest BCUT2D eigenvalue weighted by Gasteiger charge is 2.56. The van der Waals surface area contributed by atoms with Crippen molar-refractivity contribution in [1.82, 2.24) is 9.88 Å². The van der Waals surface area contributed by atoms with Gasteiger partial charge in [0.1, 0.15) is 11.9 Å². The number of fused-ring (bicyclic) bond motifs is 1. The Bertz CT molecular complexity index is 1420. The maximum atomic E-state index is 16.0. The van der Waals surface area contributed by atoms with Crippen molar-refractivity contribution in [2.75, 3.05) is 0 Å². The van der Waals surface area contributed by atoms with Gasteiger partial charge in [0.15, 0.2) is 5.78 Å². The summed E-state index contributed by atoms with van der Waals surface area (Å²) in [6.07, 6.45) is 1.74. The normalized spacial score (nSPS) is 22.7. The van der Waals surface area contributed by atoms with E-state index in [0.29, 0.717) is 41.1 Å². The molecule has 3 aromatic rings. The number of pyridine rings is 1. The van der Waals surface area contributed by atoms with Crippen molar-refractivity contribution in [2.45, 2.75) is 50.7 Å². The number of halogens is 2. The molecule has 1 aliphatic carbocycles. The highest BCUT2D eigenvalue weighted by Crippen LogP contribution is 2.49. The molecule has 0 bridgehead atoms. The molecule has 0 spiro atoms. The number of aliphatic hydroxyl groups excluding tert-OH is 1. The first-order valence-electron chi connectivity index (χ1n) is 11.9. The highest BCUT2D eigenvalue weighted by atomic mass is 35.5. The number of nitriles is 1. The van der Waals surface area contributed by atoms with Gasteiger partial charge in [0, 0.05) is 22.3 Å². The lowest BCUT2D eigenvalue weighted by atomic mass is 9.91. The summed E-state index contributed by atoms with van der Waals surface area (Å²) >= 11 is 6.16. The number of hydrogen-bond donors (Lipinski definition) is 1. The number of carbonyl (C=O) groups excluding carboxylic acids is 2. The minimum Gasteiger partial charge on any atom is -0.393 e. The van der Waals surface area contributed by atoms with Gasteiger partial charge >= 0.3 is 0 Å². The SMILES string of the molecule is CC(=O)c1cc(F)c2c(c1)C(=O)N(Cc1ccc(C#N)cn1)C2(OC1CCC(O)C1)c1ccc(Cl)cc1. The van der Waals surface area contributed by atoms with Gasteiger partial charge in [-0.15, -0.1) is 0 Å². The Morgan fingerprint density at radius 1 is 1.27 bits per heavy atom. The molecule has 0 saturated heterocycles. The predicted octanol–water partition coefficient (Wildman–Crippen LogP) is 4.74. The minimum atomic E-state index is -1.71. The molecule has 7 nitrogen and oxygen atoms in total. The number of ketones is 1. The van der Waals surface area contributed by atoms with Crippen LogP contribution in [-0.2, 0) is 17.0 Å². The van der Waals surface area contributed by atoms with Crippen LogP contribution >= 0.6 is 11.6 Å². The Kier molecular flexibility index (Phi) is 6.54. The lowest BCUT2D eigenvalue weighted by Crippen LogP contribution is -2.48. The molecular weight excluding hydrogens is 497 g/mol. The number of nitrogens with zero attached hydrogens (tertiary/aromatic N) is 3. The fourth-order valence-electron chi connectivity index (χ4n) is 5.11. The quantitative estimate of drug-likeness (QED) is 0.472. The molecule has 5 rings (SSSR count).